The Morgan fingerprint density at radius 2 is 1.62 bits per heavy atom. The molecule has 1 aromatic rings. The lowest BCUT2D eigenvalue weighted by Crippen LogP contribution is -2.56. The van der Waals surface area contributed by atoms with Gasteiger partial charge in [0.2, 0.25) is 0 Å². The summed E-state index contributed by atoms with van der Waals surface area (Å²) in [4.78, 5) is 46.3. The molecule has 0 N–H and O–H groups in total. The maximum absolute atomic E-state index is 12.8. The fourth-order valence-electron chi connectivity index (χ4n) is 2.87. The number of rotatable bonds is 6. The maximum atomic E-state index is 12.8. The van der Waals surface area contributed by atoms with Gasteiger partial charge in [0.25, 0.3) is 17.2 Å². The summed E-state index contributed by atoms with van der Waals surface area (Å²) in [5, 5.41) is 22.4. The predicted molar refractivity (Wildman–Crippen MR) is 87.2 cm³/mol. The Kier molecular flexibility index (Phi) is 4.97. The molecule has 10 heteroatoms. The second-order valence-electron chi connectivity index (χ2n) is 6.40. The number of nitro groups is 2. The van der Waals surface area contributed by atoms with Crippen LogP contribution in [-0.2, 0) is 24.5 Å². The third-order valence-electron chi connectivity index (χ3n) is 4.13. The molecule has 1 aromatic carbocycles. The van der Waals surface area contributed by atoms with E-state index < -0.39 is 44.4 Å². The summed E-state index contributed by atoms with van der Waals surface area (Å²) >= 11 is 0. The van der Waals surface area contributed by atoms with E-state index in [0.717, 1.165) is 18.2 Å². The predicted octanol–water partition coefficient (Wildman–Crippen LogP) is 2.77. The van der Waals surface area contributed by atoms with Gasteiger partial charge in [-0.3, -0.25) is 29.8 Å². The maximum Gasteiger partial charge on any atom is 0.331 e. The lowest BCUT2D eigenvalue weighted by molar-refractivity contribution is -0.395. The summed E-state index contributed by atoms with van der Waals surface area (Å²) < 4.78 is 10.4. The van der Waals surface area contributed by atoms with Crippen molar-refractivity contribution in [2.24, 2.45) is 0 Å². The number of unbranched alkanes of at least 4 members (excludes halogenated alkanes) is 1. The number of non-ortho nitro benzene ring substituents is 1. The topological polar surface area (TPSA) is 139 Å². The van der Waals surface area contributed by atoms with Crippen molar-refractivity contribution in [2.75, 3.05) is 0 Å². The van der Waals surface area contributed by atoms with Crippen molar-refractivity contribution < 1.29 is 28.9 Å². The molecule has 1 saturated heterocycles. The Labute approximate surface area is 148 Å². The van der Waals surface area contributed by atoms with E-state index in [1.807, 2.05) is 6.92 Å². The van der Waals surface area contributed by atoms with Crippen LogP contribution in [0.3, 0.4) is 0 Å². The van der Waals surface area contributed by atoms with E-state index in [1.54, 1.807) is 0 Å². The zero-order valence-electron chi connectivity index (χ0n) is 14.5. The van der Waals surface area contributed by atoms with Gasteiger partial charge in [0.15, 0.2) is 5.41 Å². The molecular formula is C16H18N2O8. The molecule has 2 rings (SSSR count). The summed E-state index contributed by atoms with van der Waals surface area (Å²) in [6.45, 7) is 4.56. The van der Waals surface area contributed by atoms with Crippen molar-refractivity contribution in [1.29, 1.82) is 0 Å². The van der Waals surface area contributed by atoms with Gasteiger partial charge < -0.3 is 9.47 Å². The molecule has 0 unspecified atom stereocenters. The molecular weight excluding hydrogens is 348 g/mol. The van der Waals surface area contributed by atoms with Crippen LogP contribution in [0.2, 0.25) is 0 Å². The van der Waals surface area contributed by atoms with E-state index >= 15 is 0 Å². The number of nitrogens with zero attached hydrogens (tertiary/aromatic N) is 2. The van der Waals surface area contributed by atoms with Crippen LogP contribution in [0.1, 0.15) is 45.6 Å². The number of nitro benzene ring substituents is 2. The SMILES string of the molecule is CCCCC1(c2ccc([N+](=O)[O-])cc2[N+](=O)[O-])C(=O)OC(C)(C)OC1=O. The van der Waals surface area contributed by atoms with Crippen LogP contribution < -0.4 is 0 Å². The normalized spacial score (nSPS) is 18.0. The standard InChI is InChI=1S/C16H18N2O8/c1-4-5-8-16(13(19)25-15(2,3)26-14(16)20)11-7-6-10(17(21)22)9-12(11)18(23)24/h6-7,9H,4-5,8H2,1-3H3. The van der Waals surface area contributed by atoms with Crippen molar-refractivity contribution in [3.63, 3.8) is 0 Å². The fraction of sp³-hybridized carbons (Fsp3) is 0.500. The molecule has 0 radical (unpaired) electrons. The molecule has 140 valence electrons. The Morgan fingerprint density at radius 1 is 1.04 bits per heavy atom. The minimum Gasteiger partial charge on any atom is -0.422 e. The minimum atomic E-state index is -2.04. The van der Waals surface area contributed by atoms with Gasteiger partial charge in [0.1, 0.15) is 0 Å². The highest BCUT2D eigenvalue weighted by atomic mass is 16.7. The third kappa shape index (κ3) is 3.22. The van der Waals surface area contributed by atoms with E-state index in [4.69, 9.17) is 9.47 Å². The van der Waals surface area contributed by atoms with Crippen molar-refractivity contribution in [3.05, 3.63) is 44.0 Å². The summed E-state index contributed by atoms with van der Waals surface area (Å²) in [6.07, 6.45) is 0.918. The number of hydrogen-bond acceptors (Lipinski definition) is 8. The molecule has 0 aliphatic carbocycles. The molecule has 26 heavy (non-hydrogen) atoms. The zero-order valence-corrected chi connectivity index (χ0v) is 14.5. The quantitative estimate of drug-likeness (QED) is 0.324. The highest BCUT2D eigenvalue weighted by molar-refractivity contribution is 6.08. The van der Waals surface area contributed by atoms with Gasteiger partial charge in [0.05, 0.1) is 21.5 Å². The second-order valence-corrected chi connectivity index (χ2v) is 6.40. The average Bonchev–Trinajstić information content (AvgIpc) is 2.53. The molecule has 0 atom stereocenters. The number of benzene rings is 1. The van der Waals surface area contributed by atoms with E-state index in [-0.39, 0.29) is 12.0 Å². The Bertz CT molecular complexity index is 766. The Hall–Kier alpha value is -3.04. The lowest BCUT2D eigenvalue weighted by Gasteiger charge is -2.40. The highest BCUT2D eigenvalue weighted by Gasteiger charge is 2.59. The summed E-state index contributed by atoms with van der Waals surface area (Å²) in [7, 11) is 0. The fourth-order valence-corrected chi connectivity index (χ4v) is 2.87. The number of hydrogen-bond donors (Lipinski definition) is 0. The first-order valence-corrected chi connectivity index (χ1v) is 7.95. The lowest BCUT2D eigenvalue weighted by atomic mass is 9.74. The number of carbonyl (C=O) groups is 2. The van der Waals surface area contributed by atoms with E-state index in [1.165, 1.54) is 13.8 Å². The number of carbonyl (C=O) groups excluding carboxylic acids is 2. The summed E-state index contributed by atoms with van der Waals surface area (Å²) in [6, 6.07) is 2.78. The molecule has 1 aliphatic rings. The largest absolute Gasteiger partial charge is 0.422 e. The first-order chi connectivity index (χ1) is 12.0. The van der Waals surface area contributed by atoms with Gasteiger partial charge in [-0.25, -0.2) is 0 Å². The molecule has 0 spiro atoms. The average molecular weight is 366 g/mol. The smallest absolute Gasteiger partial charge is 0.331 e. The van der Waals surface area contributed by atoms with Gasteiger partial charge in [-0.05, 0) is 12.5 Å². The van der Waals surface area contributed by atoms with Gasteiger partial charge in [-0.1, -0.05) is 19.8 Å². The number of cyclic esters (lactones) is 2. The van der Waals surface area contributed by atoms with Crippen LogP contribution in [0.4, 0.5) is 11.4 Å². The van der Waals surface area contributed by atoms with E-state index in [0.29, 0.717) is 12.8 Å². The zero-order chi connectivity index (χ0) is 19.7. The van der Waals surface area contributed by atoms with Crippen molar-refractivity contribution >= 4 is 23.3 Å². The van der Waals surface area contributed by atoms with Crippen LogP contribution in [0.25, 0.3) is 0 Å². The van der Waals surface area contributed by atoms with E-state index in [2.05, 4.69) is 0 Å². The molecule has 0 bridgehead atoms. The molecule has 1 fully saturated rings. The first kappa shape index (κ1) is 19.3. The summed E-state index contributed by atoms with van der Waals surface area (Å²) in [5.74, 6) is -3.44. The van der Waals surface area contributed by atoms with Crippen LogP contribution in [0.5, 0.6) is 0 Å². The van der Waals surface area contributed by atoms with Crippen LogP contribution in [-0.4, -0.2) is 27.6 Å². The second kappa shape index (κ2) is 6.70. The highest BCUT2D eigenvalue weighted by Crippen LogP contribution is 2.44. The first-order valence-electron chi connectivity index (χ1n) is 7.95. The van der Waals surface area contributed by atoms with Crippen molar-refractivity contribution in [3.8, 4) is 0 Å². The monoisotopic (exact) mass is 366 g/mol. The van der Waals surface area contributed by atoms with Gasteiger partial charge in [-0.2, -0.15) is 0 Å². The third-order valence-corrected chi connectivity index (χ3v) is 4.13. The summed E-state index contributed by atoms with van der Waals surface area (Å²) in [5.41, 5.74) is -3.54. The minimum absolute atomic E-state index is 0.0735. The molecule has 10 nitrogen and oxygen atoms in total. The molecule has 0 saturated carbocycles. The Morgan fingerprint density at radius 3 is 2.08 bits per heavy atom. The number of ether oxygens (including phenoxy) is 2. The molecule has 1 heterocycles. The molecule has 0 aromatic heterocycles. The van der Waals surface area contributed by atoms with Gasteiger partial charge >= 0.3 is 11.9 Å². The van der Waals surface area contributed by atoms with Crippen LogP contribution in [0.15, 0.2) is 18.2 Å². The van der Waals surface area contributed by atoms with Crippen LogP contribution >= 0.6 is 0 Å². The van der Waals surface area contributed by atoms with Crippen molar-refractivity contribution in [1.82, 2.24) is 0 Å². The molecule has 0 amide bonds. The Balaban J connectivity index is 2.72. The van der Waals surface area contributed by atoms with Gasteiger partial charge in [-0.15, -0.1) is 0 Å². The van der Waals surface area contributed by atoms with E-state index in [9.17, 15) is 29.8 Å². The van der Waals surface area contributed by atoms with Gasteiger partial charge in [0, 0.05) is 19.9 Å². The van der Waals surface area contributed by atoms with Crippen molar-refractivity contribution in [2.45, 2.75) is 51.2 Å². The molecule has 1 aliphatic heterocycles. The van der Waals surface area contributed by atoms with Crippen LogP contribution in [0, 0.1) is 20.2 Å². The number of esters is 2.